The quantitative estimate of drug-likeness (QED) is 0.220. The van der Waals surface area contributed by atoms with Crippen LogP contribution in [0.1, 0.15) is 48.7 Å². The van der Waals surface area contributed by atoms with E-state index in [1.165, 1.54) is 9.80 Å². The number of aromatic nitrogens is 2. The van der Waals surface area contributed by atoms with Gasteiger partial charge >= 0.3 is 23.7 Å². The number of hydrogen-bond donors (Lipinski definition) is 3. The van der Waals surface area contributed by atoms with Crippen LogP contribution in [-0.4, -0.2) is 130 Å². The highest BCUT2D eigenvalue weighted by atomic mass is 16.5. The van der Waals surface area contributed by atoms with Gasteiger partial charge in [-0.2, -0.15) is 0 Å². The van der Waals surface area contributed by atoms with Gasteiger partial charge in [-0.15, -0.1) is 0 Å². The van der Waals surface area contributed by atoms with Crippen LogP contribution >= 0.6 is 0 Å². The van der Waals surface area contributed by atoms with E-state index in [0.717, 1.165) is 21.8 Å². The number of amides is 5. The Morgan fingerprint density at radius 3 is 1.44 bits per heavy atom. The number of carbonyl (C=O) groups is 6. The molecular formula is C36H43N7O7. The molecule has 0 spiro atoms. The fraction of sp³-hybridized carbons (Fsp3) is 0.389. The number of carbonyl (C=O) groups excluding carboxylic acids is 6. The van der Waals surface area contributed by atoms with E-state index >= 15 is 0 Å². The average molecular weight is 686 g/mol. The Labute approximate surface area is 289 Å². The summed E-state index contributed by atoms with van der Waals surface area (Å²) in [7, 11) is 0. The molecule has 2 aromatic heterocycles. The topological polar surface area (TPSA) is 168 Å². The van der Waals surface area contributed by atoms with E-state index < -0.39 is 29.2 Å². The van der Waals surface area contributed by atoms with Crippen LogP contribution in [0.15, 0.2) is 60.7 Å². The molecule has 3 N–H and O–H groups in total. The molecule has 4 heterocycles. The van der Waals surface area contributed by atoms with Gasteiger partial charge in [0.25, 0.3) is 11.8 Å². The molecule has 14 heteroatoms. The second-order valence-corrected chi connectivity index (χ2v) is 13.1. The van der Waals surface area contributed by atoms with Crippen LogP contribution in [0.2, 0.25) is 0 Å². The first-order valence-corrected chi connectivity index (χ1v) is 16.7. The number of aromatic amines is 2. The molecule has 2 aromatic carbocycles. The van der Waals surface area contributed by atoms with Gasteiger partial charge in [-0.3, -0.25) is 24.0 Å². The number of hydrogen-bond acceptors (Lipinski definition) is 7. The fourth-order valence-corrected chi connectivity index (χ4v) is 5.80. The zero-order chi connectivity index (χ0) is 36.0. The van der Waals surface area contributed by atoms with Crippen molar-refractivity contribution in [2.75, 3.05) is 59.0 Å². The van der Waals surface area contributed by atoms with Gasteiger partial charge in [0.15, 0.2) is 0 Å². The molecule has 0 atom stereocenters. The molecule has 0 aliphatic carbocycles. The van der Waals surface area contributed by atoms with Crippen molar-refractivity contribution in [3.05, 3.63) is 72.1 Å². The van der Waals surface area contributed by atoms with Gasteiger partial charge in [0.2, 0.25) is 0 Å². The first kappa shape index (κ1) is 35.6. The standard InChI is InChI=1S/C19H24N4O3.C17H19N3O4/c1-19(2,3)21-16(24)18(26)23-10-8-22(9-11-23)17(25)15-12-13-6-4-5-7-14(13)20-15;1-2-24-17(23)16(22)20-9-7-19(8-10-20)15(21)14-11-12-5-3-4-6-13(12)18-14/h4-7,12,20H,8-11H2,1-3H3,(H,21,24);3-6,11,18H,2,7-10H2,1H3. The van der Waals surface area contributed by atoms with E-state index in [4.69, 9.17) is 4.74 Å². The van der Waals surface area contributed by atoms with Crippen molar-refractivity contribution < 1.29 is 33.5 Å². The van der Waals surface area contributed by atoms with Crippen LogP contribution in [-0.2, 0) is 23.9 Å². The lowest BCUT2D eigenvalue weighted by molar-refractivity contribution is -0.160. The summed E-state index contributed by atoms with van der Waals surface area (Å²) < 4.78 is 4.72. The van der Waals surface area contributed by atoms with Crippen molar-refractivity contribution in [3.8, 4) is 0 Å². The molecule has 2 saturated heterocycles. The largest absolute Gasteiger partial charge is 0.459 e. The third-order valence-corrected chi connectivity index (χ3v) is 8.36. The monoisotopic (exact) mass is 685 g/mol. The first-order chi connectivity index (χ1) is 23.8. The number of benzene rings is 2. The summed E-state index contributed by atoms with van der Waals surface area (Å²) in [6, 6.07) is 19.1. The SMILES string of the molecule is CC(C)(C)NC(=O)C(=O)N1CCN(C(=O)c2cc3ccccc3[nH]2)CC1.CCOC(=O)C(=O)N1CCN(C(=O)c2cc3ccccc3[nH]2)CC1. The van der Waals surface area contributed by atoms with Crippen molar-refractivity contribution in [1.29, 1.82) is 0 Å². The van der Waals surface area contributed by atoms with E-state index in [1.54, 1.807) is 16.7 Å². The Morgan fingerprint density at radius 2 is 1.04 bits per heavy atom. The Balaban J connectivity index is 0.000000195. The zero-order valence-corrected chi connectivity index (χ0v) is 28.8. The molecule has 0 radical (unpaired) electrons. The summed E-state index contributed by atoms with van der Waals surface area (Å²) in [5.41, 5.74) is 2.44. The average Bonchev–Trinajstić information content (AvgIpc) is 3.75. The third-order valence-electron chi connectivity index (χ3n) is 8.36. The van der Waals surface area contributed by atoms with Crippen molar-refractivity contribution in [3.63, 3.8) is 0 Å². The van der Waals surface area contributed by atoms with Gasteiger partial charge in [0.1, 0.15) is 11.4 Å². The Morgan fingerprint density at radius 1 is 0.640 bits per heavy atom. The van der Waals surface area contributed by atoms with E-state index in [-0.39, 0.29) is 18.4 Å². The Kier molecular flexibility index (Phi) is 10.9. The lowest BCUT2D eigenvalue weighted by Gasteiger charge is -2.34. The summed E-state index contributed by atoms with van der Waals surface area (Å²) in [6.45, 7) is 10.2. The van der Waals surface area contributed by atoms with Crippen molar-refractivity contribution in [1.82, 2.24) is 34.9 Å². The molecule has 0 unspecified atom stereocenters. The van der Waals surface area contributed by atoms with Gasteiger partial charge in [-0.05, 0) is 52.0 Å². The number of rotatable bonds is 3. The zero-order valence-electron chi connectivity index (χ0n) is 28.8. The number of para-hydroxylation sites is 2. The van der Waals surface area contributed by atoms with Crippen LogP contribution in [0.3, 0.4) is 0 Å². The Hall–Kier alpha value is -5.66. The number of ether oxygens (including phenoxy) is 1. The minimum absolute atomic E-state index is 0.0903. The van der Waals surface area contributed by atoms with E-state index in [9.17, 15) is 28.8 Å². The maximum atomic E-state index is 12.7. The molecule has 5 amide bonds. The molecule has 0 saturated carbocycles. The van der Waals surface area contributed by atoms with E-state index in [0.29, 0.717) is 63.7 Å². The van der Waals surface area contributed by atoms with Crippen LogP contribution in [0.4, 0.5) is 0 Å². The van der Waals surface area contributed by atoms with Crippen molar-refractivity contribution in [2.45, 2.75) is 33.2 Å². The molecule has 50 heavy (non-hydrogen) atoms. The van der Waals surface area contributed by atoms with Crippen LogP contribution in [0, 0.1) is 0 Å². The van der Waals surface area contributed by atoms with E-state index in [2.05, 4.69) is 15.3 Å². The van der Waals surface area contributed by atoms with Gasteiger partial charge in [0, 0.05) is 79.7 Å². The summed E-state index contributed by atoms with van der Waals surface area (Å²) >= 11 is 0. The summed E-state index contributed by atoms with van der Waals surface area (Å²) in [5, 5.41) is 4.65. The number of esters is 1. The maximum Gasteiger partial charge on any atom is 0.397 e. The number of H-pyrrole nitrogens is 2. The molecule has 0 bridgehead atoms. The Bertz CT molecular complexity index is 1820. The molecule has 264 valence electrons. The predicted molar refractivity (Wildman–Crippen MR) is 186 cm³/mol. The van der Waals surface area contributed by atoms with E-state index in [1.807, 2.05) is 81.4 Å². The second kappa shape index (κ2) is 15.3. The first-order valence-electron chi connectivity index (χ1n) is 16.7. The molecule has 4 aromatic rings. The minimum atomic E-state index is -0.840. The van der Waals surface area contributed by atoms with Crippen LogP contribution in [0.25, 0.3) is 21.8 Å². The smallest absolute Gasteiger partial charge is 0.397 e. The number of nitrogens with zero attached hydrogens (tertiary/aromatic N) is 4. The summed E-state index contributed by atoms with van der Waals surface area (Å²) in [6.07, 6.45) is 0. The second-order valence-electron chi connectivity index (χ2n) is 13.1. The van der Waals surface area contributed by atoms with Gasteiger partial charge < -0.3 is 39.6 Å². The van der Waals surface area contributed by atoms with Crippen molar-refractivity contribution in [2.24, 2.45) is 0 Å². The summed E-state index contributed by atoms with van der Waals surface area (Å²) in [5.74, 6) is -2.82. The molecule has 2 aliphatic heterocycles. The summed E-state index contributed by atoms with van der Waals surface area (Å²) in [4.78, 5) is 85.4. The number of nitrogens with one attached hydrogen (secondary N) is 3. The molecule has 14 nitrogen and oxygen atoms in total. The fourth-order valence-electron chi connectivity index (χ4n) is 5.80. The highest BCUT2D eigenvalue weighted by molar-refractivity contribution is 6.35. The highest BCUT2D eigenvalue weighted by Crippen LogP contribution is 2.18. The van der Waals surface area contributed by atoms with Crippen LogP contribution < -0.4 is 5.32 Å². The van der Waals surface area contributed by atoms with Crippen molar-refractivity contribution >= 4 is 57.3 Å². The number of piperazine rings is 2. The number of fused-ring (bicyclic) bond motifs is 2. The van der Waals surface area contributed by atoms with Gasteiger partial charge in [0.05, 0.1) is 6.61 Å². The third kappa shape index (κ3) is 8.49. The maximum absolute atomic E-state index is 12.7. The minimum Gasteiger partial charge on any atom is -0.459 e. The van der Waals surface area contributed by atoms with Gasteiger partial charge in [-0.25, -0.2) is 4.79 Å². The highest BCUT2D eigenvalue weighted by Gasteiger charge is 2.31. The lowest BCUT2D eigenvalue weighted by atomic mass is 10.1. The lowest BCUT2D eigenvalue weighted by Crippen LogP contribution is -2.55. The molecule has 2 aliphatic rings. The molecule has 2 fully saturated rings. The van der Waals surface area contributed by atoms with Gasteiger partial charge in [-0.1, -0.05) is 36.4 Å². The van der Waals surface area contributed by atoms with Crippen LogP contribution in [0.5, 0.6) is 0 Å². The predicted octanol–water partition coefficient (Wildman–Crippen LogP) is 2.38. The molecule has 6 rings (SSSR count). The molecular weight excluding hydrogens is 642 g/mol. The normalized spacial score (nSPS) is 15.0.